The number of nitrogens with two attached hydrogens (primary N) is 1. The molecule has 0 heterocycles. The van der Waals surface area contributed by atoms with E-state index in [-0.39, 0.29) is 11.3 Å². The topological polar surface area (TPSA) is 96.3 Å². The fourth-order valence-corrected chi connectivity index (χ4v) is 3.61. The zero-order chi connectivity index (χ0) is 20.4. The second-order valence-corrected chi connectivity index (χ2v) is 7.24. The second kappa shape index (κ2) is 11.1. The molecule has 0 unspecified atom stereocenters. The predicted octanol–water partition coefficient (Wildman–Crippen LogP) is 4.05. The maximum absolute atomic E-state index is 11.3. The van der Waals surface area contributed by atoms with Crippen LogP contribution < -0.4 is 10.5 Å². The van der Waals surface area contributed by atoms with Gasteiger partial charge in [-0.25, -0.2) is 0 Å². The second-order valence-electron chi connectivity index (χ2n) is 6.14. The smallest absolute Gasteiger partial charge is 0.259 e. The van der Waals surface area contributed by atoms with E-state index in [4.69, 9.17) is 15.7 Å². The molecule has 0 bridgehead atoms. The third-order valence-electron chi connectivity index (χ3n) is 4.03. The first kappa shape index (κ1) is 21.4. The van der Waals surface area contributed by atoms with Crippen LogP contribution in [0.3, 0.4) is 0 Å². The number of rotatable bonds is 10. The summed E-state index contributed by atoms with van der Waals surface area (Å²) in [4.78, 5) is 11.3. The molecule has 28 heavy (non-hydrogen) atoms. The van der Waals surface area contributed by atoms with Gasteiger partial charge in [0.2, 0.25) is 0 Å². The highest BCUT2D eigenvalue weighted by atomic mass is 32.2. The number of aryl methyl sites for hydroxylation is 1. The van der Waals surface area contributed by atoms with Crippen LogP contribution in [-0.4, -0.2) is 23.4 Å². The summed E-state index contributed by atoms with van der Waals surface area (Å²) < 4.78 is 5.49. The number of hydrogen-bond acceptors (Lipinski definition) is 5. The Balaban J connectivity index is 2.07. The molecule has 3 N–H and O–H groups in total. The zero-order valence-corrected chi connectivity index (χ0v) is 16.7. The van der Waals surface area contributed by atoms with Gasteiger partial charge in [-0.15, -0.1) is 0 Å². The summed E-state index contributed by atoms with van der Waals surface area (Å²) in [7, 11) is 0. The Kier molecular flexibility index (Phi) is 8.44. The molecule has 2 rings (SSSR count). The van der Waals surface area contributed by atoms with Gasteiger partial charge >= 0.3 is 0 Å². The van der Waals surface area contributed by atoms with Crippen molar-refractivity contribution in [3.8, 4) is 17.6 Å². The minimum absolute atomic E-state index is 0.0899. The van der Waals surface area contributed by atoms with Gasteiger partial charge in [0, 0.05) is 11.3 Å². The number of ether oxygens (including phenoxy) is 1. The number of nitriles is 1. The van der Waals surface area contributed by atoms with Gasteiger partial charge in [-0.2, -0.15) is 17.0 Å². The fraction of sp³-hybridized carbons (Fsp3) is 0.273. The lowest BCUT2D eigenvalue weighted by Crippen LogP contribution is -2.12. The maximum Gasteiger partial charge on any atom is 0.259 e. The number of amides is 1. The largest absolute Gasteiger partial charge is 0.504 e. The SMILES string of the molecule is CCOc1cc(/C=C(\C#N)C(N)=O)cc(CSCCCc2ccccc2)c1O. The highest BCUT2D eigenvalue weighted by Crippen LogP contribution is 2.35. The van der Waals surface area contributed by atoms with E-state index in [0.717, 1.165) is 18.6 Å². The number of benzene rings is 2. The Bertz CT molecular complexity index is 873. The summed E-state index contributed by atoms with van der Waals surface area (Å²) in [6, 6.07) is 15.5. The predicted molar refractivity (Wildman–Crippen MR) is 113 cm³/mol. The molecule has 0 atom stereocenters. The van der Waals surface area contributed by atoms with E-state index in [2.05, 4.69) is 12.1 Å². The van der Waals surface area contributed by atoms with Crippen molar-refractivity contribution in [3.05, 3.63) is 64.7 Å². The van der Waals surface area contributed by atoms with E-state index < -0.39 is 5.91 Å². The van der Waals surface area contributed by atoms with Crippen LogP contribution in [0.5, 0.6) is 11.5 Å². The molecule has 0 aromatic heterocycles. The first-order chi connectivity index (χ1) is 13.5. The summed E-state index contributed by atoms with van der Waals surface area (Å²) >= 11 is 1.71. The van der Waals surface area contributed by atoms with Crippen molar-refractivity contribution in [1.82, 2.24) is 0 Å². The van der Waals surface area contributed by atoms with Gasteiger partial charge in [0.25, 0.3) is 5.91 Å². The zero-order valence-electron chi connectivity index (χ0n) is 15.9. The van der Waals surface area contributed by atoms with E-state index in [9.17, 15) is 9.90 Å². The number of phenolic OH excluding ortho intramolecular Hbond substituents is 1. The molecular weight excluding hydrogens is 372 g/mol. The average Bonchev–Trinajstić information content (AvgIpc) is 2.69. The van der Waals surface area contributed by atoms with Crippen LogP contribution in [0.4, 0.5) is 0 Å². The third-order valence-corrected chi connectivity index (χ3v) is 5.12. The van der Waals surface area contributed by atoms with Gasteiger partial charge in [0.1, 0.15) is 11.6 Å². The van der Waals surface area contributed by atoms with Crippen LogP contribution in [0, 0.1) is 11.3 Å². The molecule has 0 radical (unpaired) electrons. The number of thioether (sulfide) groups is 1. The molecule has 2 aromatic carbocycles. The highest BCUT2D eigenvalue weighted by Gasteiger charge is 2.12. The summed E-state index contributed by atoms with van der Waals surface area (Å²) in [5, 5.41) is 19.5. The molecule has 1 amide bonds. The minimum Gasteiger partial charge on any atom is -0.504 e. The molecule has 0 spiro atoms. The van der Waals surface area contributed by atoms with Crippen LogP contribution in [0.15, 0.2) is 48.0 Å². The molecule has 0 aliphatic heterocycles. The average molecular weight is 397 g/mol. The van der Waals surface area contributed by atoms with Gasteiger partial charge in [-0.05, 0) is 54.9 Å². The van der Waals surface area contributed by atoms with Gasteiger partial charge in [-0.1, -0.05) is 30.3 Å². The van der Waals surface area contributed by atoms with Crippen LogP contribution in [0.1, 0.15) is 30.0 Å². The van der Waals surface area contributed by atoms with Gasteiger partial charge in [0.05, 0.1) is 6.61 Å². The number of primary amides is 1. The van der Waals surface area contributed by atoms with Gasteiger partial charge in [-0.3, -0.25) is 4.79 Å². The molecule has 146 valence electrons. The first-order valence-corrected chi connectivity index (χ1v) is 10.2. The van der Waals surface area contributed by atoms with E-state index in [1.807, 2.05) is 25.1 Å². The van der Waals surface area contributed by atoms with Crippen molar-refractivity contribution in [2.75, 3.05) is 12.4 Å². The maximum atomic E-state index is 11.3. The molecule has 0 saturated heterocycles. The first-order valence-electron chi connectivity index (χ1n) is 9.07. The van der Waals surface area contributed by atoms with Gasteiger partial charge < -0.3 is 15.6 Å². The monoisotopic (exact) mass is 396 g/mol. The van der Waals surface area contributed by atoms with Crippen molar-refractivity contribution in [2.24, 2.45) is 5.73 Å². The van der Waals surface area contributed by atoms with Crippen LogP contribution >= 0.6 is 11.8 Å². The molecule has 0 aliphatic carbocycles. The molecule has 0 saturated carbocycles. The van der Waals surface area contributed by atoms with Crippen LogP contribution in [-0.2, 0) is 17.0 Å². The molecule has 5 nitrogen and oxygen atoms in total. The van der Waals surface area contributed by atoms with Crippen molar-refractivity contribution in [3.63, 3.8) is 0 Å². The van der Waals surface area contributed by atoms with E-state index in [1.165, 1.54) is 11.6 Å². The van der Waals surface area contributed by atoms with Crippen molar-refractivity contribution in [1.29, 1.82) is 5.26 Å². The van der Waals surface area contributed by atoms with E-state index in [1.54, 1.807) is 30.0 Å². The van der Waals surface area contributed by atoms with Crippen LogP contribution in [0.25, 0.3) is 6.08 Å². The number of hydrogen-bond donors (Lipinski definition) is 2. The number of carbonyl (C=O) groups excluding carboxylic acids is 1. The highest BCUT2D eigenvalue weighted by molar-refractivity contribution is 7.98. The molecule has 2 aromatic rings. The Morgan fingerprint density at radius 3 is 2.71 bits per heavy atom. The van der Waals surface area contributed by atoms with Crippen molar-refractivity contribution in [2.45, 2.75) is 25.5 Å². The normalized spacial score (nSPS) is 11.1. The van der Waals surface area contributed by atoms with Crippen molar-refractivity contribution >= 4 is 23.7 Å². The Labute approximate surface area is 169 Å². The number of carbonyl (C=O) groups is 1. The number of phenols is 1. The lowest BCUT2D eigenvalue weighted by Gasteiger charge is -2.12. The Morgan fingerprint density at radius 1 is 1.32 bits per heavy atom. The lowest BCUT2D eigenvalue weighted by atomic mass is 10.1. The molecular formula is C22H24N2O3S. The summed E-state index contributed by atoms with van der Waals surface area (Å²) in [5.41, 5.74) is 7.67. The summed E-state index contributed by atoms with van der Waals surface area (Å²) in [6.45, 7) is 2.22. The van der Waals surface area contributed by atoms with E-state index in [0.29, 0.717) is 29.2 Å². The van der Waals surface area contributed by atoms with E-state index >= 15 is 0 Å². The Morgan fingerprint density at radius 2 is 2.07 bits per heavy atom. The fourth-order valence-electron chi connectivity index (χ4n) is 2.68. The van der Waals surface area contributed by atoms with Crippen molar-refractivity contribution < 1.29 is 14.6 Å². The number of nitrogens with zero attached hydrogens (tertiary/aromatic N) is 1. The lowest BCUT2D eigenvalue weighted by molar-refractivity contribution is -0.114. The summed E-state index contributed by atoms with van der Waals surface area (Å²) in [5.74, 6) is 1.18. The molecule has 0 fully saturated rings. The molecule has 6 heteroatoms. The minimum atomic E-state index is -0.787. The summed E-state index contributed by atoms with van der Waals surface area (Å²) in [6.07, 6.45) is 3.46. The standard InChI is InChI=1S/C22H24N2O3S/c1-2-27-20-13-17(11-18(14-23)22(24)26)12-19(21(20)25)15-28-10-6-9-16-7-4-3-5-8-16/h3-5,7-8,11-13,25H,2,6,9-10,15H2,1H3,(H2,24,26)/b18-11+. The third kappa shape index (κ3) is 6.36. The molecule has 0 aliphatic rings. The van der Waals surface area contributed by atoms with Gasteiger partial charge in [0.15, 0.2) is 11.5 Å². The quantitative estimate of drug-likeness (QED) is 0.359. The van der Waals surface area contributed by atoms with Crippen LogP contribution in [0.2, 0.25) is 0 Å². The number of aromatic hydroxyl groups is 1. The Hall–Kier alpha value is -2.91.